The maximum atomic E-state index is 11.2. The molecule has 1 fully saturated rings. The number of carbonyl (C=O) groups excluding carboxylic acids is 1. The van der Waals surface area contributed by atoms with Crippen LogP contribution in [0, 0.1) is 0 Å². The monoisotopic (exact) mass is 291 g/mol. The van der Waals surface area contributed by atoms with E-state index in [1.165, 1.54) is 12.6 Å². The Hall–Kier alpha value is -1.59. The molecule has 5 nitrogen and oxygen atoms in total. The second-order valence-corrected chi connectivity index (χ2v) is 5.48. The van der Waals surface area contributed by atoms with E-state index in [0.717, 1.165) is 39.1 Å². The zero-order chi connectivity index (χ0) is 15.1. The molecule has 0 aromatic heterocycles. The number of benzene rings is 1. The summed E-state index contributed by atoms with van der Waals surface area (Å²) in [5.41, 5.74) is 1.29. The first-order valence-electron chi connectivity index (χ1n) is 7.65. The van der Waals surface area contributed by atoms with E-state index >= 15 is 0 Å². The molecule has 2 rings (SSSR count). The number of piperazine rings is 1. The summed E-state index contributed by atoms with van der Waals surface area (Å²) in [7, 11) is 0. The number of rotatable bonds is 6. The van der Waals surface area contributed by atoms with Gasteiger partial charge in [-0.15, -0.1) is 0 Å². The van der Waals surface area contributed by atoms with Crippen molar-refractivity contribution in [3.63, 3.8) is 0 Å². The van der Waals surface area contributed by atoms with Crippen LogP contribution in [0.2, 0.25) is 0 Å². The van der Waals surface area contributed by atoms with Crippen molar-refractivity contribution in [1.29, 1.82) is 0 Å². The molecule has 21 heavy (non-hydrogen) atoms. The molecule has 1 aromatic carbocycles. The fourth-order valence-corrected chi connectivity index (χ4v) is 2.53. The predicted molar refractivity (Wildman–Crippen MR) is 84.4 cm³/mol. The second-order valence-electron chi connectivity index (χ2n) is 5.48. The van der Waals surface area contributed by atoms with Crippen molar-refractivity contribution in [2.45, 2.75) is 19.4 Å². The maximum Gasteiger partial charge on any atom is 0.248 e. The smallest absolute Gasteiger partial charge is 0.248 e. The summed E-state index contributed by atoms with van der Waals surface area (Å²) in [4.78, 5) is 16.0. The number of aliphatic hydroxyl groups is 1. The number of hydrogen-bond acceptors (Lipinski definition) is 4. The first-order valence-corrected chi connectivity index (χ1v) is 7.65. The topological polar surface area (TPSA) is 55.8 Å². The second kappa shape index (κ2) is 8.00. The van der Waals surface area contributed by atoms with Crippen LogP contribution in [0.3, 0.4) is 0 Å². The number of amides is 1. The summed E-state index contributed by atoms with van der Waals surface area (Å²) in [5, 5.41) is 11.8. The molecule has 5 heteroatoms. The molecular formula is C16H25N3O2. The van der Waals surface area contributed by atoms with E-state index in [-0.39, 0.29) is 5.91 Å². The Morgan fingerprint density at radius 1 is 1.24 bits per heavy atom. The first-order chi connectivity index (χ1) is 10.2. The fourth-order valence-electron chi connectivity index (χ4n) is 2.53. The predicted octanol–water partition coefficient (Wildman–Crippen LogP) is 0.696. The Labute approximate surface area is 126 Å². The van der Waals surface area contributed by atoms with Gasteiger partial charge in [0.2, 0.25) is 5.91 Å². The molecule has 2 N–H and O–H groups in total. The summed E-state index contributed by atoms with van der Waals surface area (Å²) in [6, 6.07) is 10.5. The normalized spacial score (nSPS) is 17.5. The number of carbonyl (C=O) groups is 1. The highest BCUT2D eigenvalue weighted by molar-refractivity contribution is 5.79. The molecule has 116 valence electrons. The lowest BCUT2D eigenvalue weighted by atomic mass is 10.2. The van der Waals surface area contributed by atoms with Crippen molar-refractivity contribution < 1.29 is 9.90 Å². The van der Waals surface area contributed by atoms with E-state index < -0.39 is 6.10 Å². The molecule has 1 atom stereocenters. The van der Waals surface area contributed by atoms with E-state index in [1.807, 2.05) is 6.07 Å². The molecule has 1 heterocycles. The van der Waals surface area contributed by atoms with Crippen molar-refractivity contribution in [3.8, 4) is 0 Å². The van der Waals surface area contributed by atoms with Gasteiger partial charge >= 0.3 is 0 Å². The minimum absolute atomic E-state index is 0.288. The van der Waals surface area contributed by atoms with Gasteiger partial charge in [-0.1, -0.05) is 18.2 Å². The van der Waals surface area contributed by atoms with Crippen molar-refractivity contribution in [2.24, 2.45) is 0 Å². The lowest BCUT2D eigenvalue weighted by Gasteiger charge is -2.36. The summed E-state index contributed by atoms with van der Waals surface area (Å²) in [5.74, 6) is -0.288. The van der Waals surface area contributed by atoms with Crippen LogP contribution in [-0.4, -0.2) is 61.3 Å². The largest absolute Gasteiger partial charge is 0.384 e. The molecule has 1 aromatic rings. The van der Waals surface area contributed by atoms with Gasteiger partial charge in [0.15, 0.2) is 0 Å². The number of hydrogen-bond donors (Lipinski definition) is 2. The molecule has 1 saturated heterocycles. The van der Waals surface area contributed by atoms with Crippen LogP contribution in [0.5, 0.6) is 0 Å². The third-order valence-corrected chi connectivity index (χ3v) is 3.82. The van der Waals surface area contributed by atoms with Gasteiger partial charge in [-0.05, 0) is 32.0 Å². The SMILES string of the molecule is CC(O)C(=O)NCCCN1CCN(c2ccccc2)CC1. The number of nitrogens with zero attached hydrogens (tertiary/aromatic N) is 2. The minimum Gasteiger partial charge on any atom is -0.384 e. The number of para-hydroxylation sites is 1. The van der Waals surface area contributed by atoms with Crippen LogP contribution in [-0.2, 0) is 4.79 Å². The molecule has 0 radical (unpaired) electrons. The van der Waals surface area contributed by atoms with Gasteiger partial charge in [-0.3, -0.25) is 9.69 Å². The molecule has 1 aliphatic heterocycles. The van der Waals surface area contributed by atoms with Gasteiger partial charge in [-0.2, -0.15) is 0 Å². The average Bonchev–Trinajstić information content (AvgIpc) is 2.52. The summed E-state index contributed by atoms with van der Waals surface area (Å²) in [6.45, 7) is 7.30. The van der Waals surface area contributed by atoms with Crippen molar-refractivity contribution >= 4 is 11.6 Å². The van der Waals surface area contributed by atoms with Crippen LogP contribution in [0.4, 0.5) is 5.69 Å². The zero-order valence-corrected chi connectivity index (χ0v) is 12.7. The highest BCUT2D eigenvalue weighted by Crippen LogP contribution is 2.15. The quantitative estimate of drug-likeness (QED) is 0.758. The molecule has 0 aliphatic carbocycles. The van der Waals surface area contributed by atoms with E-state index in [0.29, 0.717) is 6.54 Å². The number of aliphatic hydroxyl groups excluding tert-OH is 1. The van der Waals surface area contributed by atoms with Crippen molar-refractivity contribution in [2.75, 3.05) is 44.2 Å². The molecule has 0 bridgehead atoms. The molecule has 1 unspecified atom stereocenters. The number of nitrogens with one attached hydrogen (secondary N) is 1. The Morgan fingerprint density at radius 3 is 2.52 bits per heavy atom. The molecular weight excluding hydrogens is 266 g/mol. The standard InChI is InChI=1S/C16H25N3O2/c1-14(20)16(21)17-8-5-9-18-10-12-19(13-11-18)15-6-3-2-4-7-15/h2-4,6-7,14,20H,5,8-13H2,1H3,(H,17,21). The molecule has 1 amide bonds. The van der Waals surface area contributed by atoms with Gasteiger partial charge in [0.05, 0.1) is 0 Å². The van der Waals surface area contributed by atoms with Gasteiger partial charge < -0.3 is 15.3 Å². The van der Waals surface area contributed by atoms with Crippen LogP contribution in [0.1, 0.15) is 13.3 Å². The highest BCUT2D eigenvalue weighted by atomic mass is 16.3. The van der Waals surface area contributed by atoms with Crippen LogP contribution >= 0.6 is 0 Å². The molecule has 0 saturated carbocycles. The summed E-state index contributed by atoms with van der Waals surface area (Å²) >= 11 is 0. The molecule has 0 spiro atoms. The number of anilines is 1. The van der Waals surface area contributed by atoms with Crippen LogP contribution < -0.4 is 10.2 Å². The van der Waals surface area contributed by atoms with Crippen molar-refractivity contribution in [3.05, 3.63) is 30.3 Å². The molecule has 1 aliphatic rings. The van der Waals surface area contributed by atoms with E-state index in [4.69, 9.17) is 5.11 Å². The van der Waals surface area contributed by atoms with E-state index in [1.54, 1.807) is 0 Å². The average molecular weight is 291 g/mol. The third kappa shape index (κ3) is 5.02. The van der Waals surface area contributed by atoms with Crippen LogP contribution in [0.15, 0.2) is 30.3 Å². The van der Waals surface area contributed by atoms with E-state index in [9.17, 15) is 4.79 Å². The highest BCUT2D eigenvalue weighted by Gasteiger charge is 2.16. The Balaban J connectivity index is 1.62. The third-order valence-electron chi connectivity index (χ3n) is 3.82. The zero-order valence-electron chi connectivity index (χ0n) is 12.7. The Morgan fingerprint density at radius 2 is 1.90 bits per heavy atom. The van der Waals surface area contributed by atoms with Gasteiger partial charge in [-0.25, -0.2) is 0 Å². The first kappa shape index (κ1) is 15.8. The van der Waals surface area contributed by atoms with Gasteiger partial charge in [0.25, 0.3) is 0 Å². The maximum absolute atomic E-state index is 11.2. The lowest BCUT2D eigenvalue weighted by molar-refractivity contribution is -0.128. The fraction of sp³-hybridized carbons (Fsp3) is 0.562. The summed E-state index contributed by atoms with van der Waals surface area (Å²) in [6.07, 6.45) is 0.00323. The Bertz CT molecular complexity index is 428. The van der Waals surface area contributed by atoms with E-state index in [2.05, 4.69) is 39.4 Å². The van der Waals surface area contributed by atoms with Crippen LogP contribution in [0.25, 0.3) is 0 Å². The van der Waals surface area contributed by atoms with Gasteiger partial charge in [0, 0.05) is 38.4 Å². The van der Waals surface area contributed by atoms with Crippen molar-refractivity contribution in [1.82, 2.24) is 10.2 Å². The Kier molecular flexibility index (Phi) is 6.02. The lowest BCUT2D eigenvalue weighted by Crippen LogP contribution is -2.47. The van der Waals surface area contributed by atoms with Gasteiger partial charge in [0.1, 0.15) is 6.10 Å². The summed E-state index contributed by atoms with van der Waals surface area (Å²) < 4.78 is 0. The minimum atomic E-state index is -0.917.